The molecule has 1 saturated heterocycles. The molecular formula is C16H26N2O. The molecule has 0 aromatic heterocycles. The Hall–Kier alpha value is -1.06. The average molecular weight is 262 g/mol. The minimum atomic E-state index is -0.331. The van der Waals surface area contributed by atoms with Crippen LogP contribution in [0.25, 0.3) is 0 Å². The number of rotatable bonds is 4. The fourth-order valence-corrected chi connectivity index (χ4v) is 2.76. The topological polar surface area (TPSA) is 26.7 Å². The summed E-state index contributed by atoms with van der Waals surface area (Å²) in [7, 11) is 4.37. The fourth-order valence-electron chi connectivity index (χ4n) is 2.76. The van der Waals surface area contributed by atoms with E-state index in [1.54, 1.807) is 0 Å². The zero-order chi connectivity index (χ0) is 13.8. The molecule has 1 aromatic rings. The monoisotopic (exact) mass is 262 g/mol. The van der Waals surface area contributed by atoms with Crippen LogP contribution in [0.3, 0.4) is 0 Å². The minimum absolute atomic E-state index is 0.331. The fraction of sp³-hybridized carbons (Fsp3) is 0.625. The van der Waals surface area contributed by atoms with Crippen molar-refractivity contribution in [3.63, 3.8) is 0 Å². The number of anilines is 1. The Labute approximate surface area is 116 Å². The van der Waals surface area contributed by atoms with E-state index in [1.807, 2.05) is 6.92 Å². The average Bonchev–Trinajstić information content (AvgIpc) is 2.46. The number of likely N-dealkylation sites (tertiary alicyclic amines) is 1. The lowest BCUT2D eigenvalue weighted by Crippen LogP contribution is -2.41. The molecule has 1 atom stereocenters. The van der Waals surface area contributed by atoms with Crippen LogP contribution >= 0.6 is 0 Å². The van der Waals surface area contributed by atoms with Gasteiger partial charge in [-0.1, -0.05) is 19.1 Å². The van der Waals surface area contributed by atoms with E-state index in [0.717, 1.165) is 12.0 Å². The Balaban J connectivity index is 2.01. The lowest BCUT2D eigenvalue weighted by molar-refractivity contribution is 0.173. The van der Waals surface area contributed by atoms with Gasteiger partial charge in [0.2, 0.25) is 0 Å². The summed E-state index contributed by atoms with van der Waals surface area (Å²) in [6.45, 7) is 4.37. The zero-order valence-electron chi connectivity index (χ0n) is 12.3. The van der Waals surface area contributed by atoms with E-state index in [9.17, 15) is 5.11 Å². The molecule has 1 aliphatic heterocycles. The van der Waals surface area contributed by atoms with Crippen molar-refractivity contribution < 1.29 is 5.11 Å². The van der Waals surface area contributed by atoms with Crippen molar-refractivity contribution in [2.45, 2.75) is 38.3 Å². The second-order valence-electron chi connectivity index (χ2n) is 5.66. The van der Waals surface area contributed by atoms with E-state index in [-0.39, 0.29) is 6.10 Å². The van der Waals surface area contributed by atoms with Crippen LogP contribution in [-0.2, 0) is 0 Å². The van der Waals surface area contributed by atoms with Crippen LogP contribution in [0.1, 0.15) is 37.9 Å². The quantitative estimate of drug-likeness (QED) is 0.903. The summed E-state index contributed by atoms with van der Waals surface area (Å²) in [6, 6.07) is 9.00. The standard InChI is InChI=1S/C16H26N2O/c1-4-16(19)13-5-7-14(8-6-13)18(3)15-9-11-17(2)12-10-15/h5-8,15-16,19H,4,9-12H2,1-3H3. The normalized spacial score (nSPS) is 19.4. The molecule has 0 spiro atoms. The maximum atomic E-state index is 9.82. The van der Waals surface area contributed by atoms with Gasteiger partial charge in [0.05, 0.1) is 6.10 Å². The minimum Gasteiger partial charge on any atom is -0.388 e. The van der Waals surface area contributed by atoms with Gasteiger partial charge in [-0.05, 0) is 57.1 Å². The summed E-state index contributed by atoms with van der Waals surface area (Å²) < 4.78 is 0. The molecule has 19 heavy (non-hydrogen) atoms. The van der Waals surface area contributed by atoms with Gasteiger partial charge in [-0.2, -0.15) is 0 Å². The maximum Gasteiger partial charge on any atom is 0.0787 e. The first-order valence-electron chi connectivity index (χ1n) is 7.31. The van der Waals surface area contributed by atoms with Crippen molar-refractivity contribution in [3.05, 3.63) is 29.8 Å². The van der Waals surface area contributed by atoms with E-state index in [2.05, 4.69) is 48.2 Å². The third kappa shape index (κ3) is 3.48. The van der Waals surface area contributed by atoms with Crippen LogP contribution < -0.4 is 4.90 Å². The van der Waals surface area contributed by atoms with Crippen LogP contribution in [0.5, 0.6) is 0 Å². The van der Waals surface area contributed by atoms with Gasteiger partial charge < -0.3 is 14.9 Å². The highest BCUT2D eigenvalue weighted by atomic mass is 16.3. The molecule has 1 aliphatic rings. The summed E-state index contributed by atoms with van der Waals surface area (Å²) in [4.78, 5) is 4.78. The highest BCUT2D eigenvalue weighted by Crippen LogP contribution is 2.24. The highest BCUT2D eigenvalue weighted by molar-refractivity contribution is 5.48. The summed E-state index contributed by atoms with van der Waals surface area (Å²) in [5, 5.41) is 9.82. The van der Waals surface area contributed by atoms with Crippen LogP contribution in [0, 0.1) is 0 Å². The molecule has 0 bridgehead atoms. The molecule has 3 heteroatoms. The number of benzene rings is 1. The van der Waals surface area contributed by atoms with Crippen LogP contribution in [0.4, 0.5) is 5.69 Å². The first-order valence-corrected chi connectivity index (χ1v) is 7.31. The van der Waals surface area contributed by atoms with Crippen molar-refractivity contribution in [1.82, 2.24) is 4.90 Å². The van der Waals surface area contributed by atoms with Gasteiger partial charge in [-0.15, -0.1) is 0 Å². The van der Waals surface area contributed by atoms with Crippen molar-refractivity contribution in [1.29, 1.82) is 0 Å². The molecular weight excluding hydrogens is 236 g/mol. The van der Waals surface area contributed by atoms with E-state index in [1.165, 1.54) is 31.6 Å². The van der Waals surface area contributed by atoms with E-state index in [0.29, 0.717) is 6.04 Å². The molecule has 0 radical (unpaired) electrons. The van der Waals surface area contributed by atoms with Gasteiger partial charge in [0.25, 0.3) is 0 Å². The molecule has 1 fully saturated rings. The summed E-state index contributed by atoms with van der Waals surface area (Å²) >= 11 is 0. The Morgan fingerprint density at radius 2 is 1.84 bits per heavy atom. The first kappa shape index (κ1) is 14.4. The van der Waals surface area contributed by atoms with Crippen molar-refractivity contribution in [3.8, 4) is 0 Å². The number of piperidine rings is 1. The van der Waals surface area contributed by atoms with Crippen LogP contribution in [0.15, 0.2) is 24.3 Å². The van der Waals surface area contributed by atoms with Gasteiger partial charge in [0.15, 0.2) is 0 Å². The zero-order valence-corrected chi connectivity index (χ0v) is 12.3. The summed E-state index contributed by atoms with van der Waals surface area (Å²) in [5.74, 6) is 0. The lowest BCUT2D eigenvalue weighted by Gasteiger charge is -2.36. The van der Waals surface area contributed by atoms with Gasteiger partial charge in [0.1, 0.15) is 0 Å². The smallest absolute Gasteiger partial charge is 0.0787 e. The highest BCUT2D eigenvalue weighted by Gasteiger charge is 2.20. The molecule has 1 heterocycles. The predicted molar refractivity (Wildman–Crippen MR) is 80.6 cm³/mol. The van der Waals surface area contributed by atoms with Crippen molar-refractivity contribution >= 4 is 5.69 Å². The van der Waals surface area contributed by atoms with Gasteiger partial charge in [-0.3, -0.25) is 0 Å². The number of hydrogen-bond acceptors (Lipinski definition) is 3. The van der Waals surface area contributed by atoms with Crippen molar-refractivity contribution in [2.75, 3.05) is 32.1 Å². The van der Waals surface area contributed by atoms with Crippen LogP contribution in [0.2, 0.25) is 0 Å². The number of aliphatic hydroxyl groups is 1. The second-order valence-corrected chi connectivity index (χ2v) is 5.66. The molecule has 0 aliphatic carbocycles. The van der Waals surface area contributed by atoms with E-state index >= 15 is 0 Å². The van der Waals surface area contributed by atoms with E-state index in [4.69, 9.17) is 0 Å². The molecule has 106 valence electrons. The number of aliphatic hydroxyl groups excluding tert-OH is 1. The molecule has 0 saturated carbocycles. The summed E-state index contributed by atoms with van der Waals surface area (Å²) in [6.07, 6.45) is 2.89. The van der Waals surface area contributed by atoms with Crippen molar-refractivity contribution in [2.24, 2.45) is 0 Å². The van der Waals surface area contributed by atoms with Crippen LogP contribution in [-0.4, -0.2) is 43.2 Å². The predicted octanol–water partition coefficient (Wildman–Crippen LogP) is 2.66. The number of hydrogen-bond donors (Lipinski definition) is 1. The maximum absolute atomic E-state index is 9.82. The Morgan fingerprint density at radius 3 is 2.37 bits per heavy atom. The first-order chi connectivity index (χ1) is 9.11. The molecule has 0 amide bonds. The molecule has 3 nitrogen and oxygen atoms in total. The largest absolute Gasteiger partial charge is 0.388 e. The molecule has 1 unspecified atom stereocenters. The Kier molecular flexibility index (Phi) is 4.83. The van der Waals surface area contributed by atoms with Gasteiger partial charge >= 0.3 is 0 Å². The van der Waals surface area contributed by atoms with Gasteiger partial charge in [-0.25, -0.2) is 0 Å². The van der Waals surface area contributed by atoms with E-state index < -0.39 is 0 Å². The SMILES string of the molecule is CCC(O)c1ccc(N(C)C2CCN(C)CC2)cc1. The molecule has 1 N–H and O–H groups in total. The Bertz CT molecular complexity index is 382. The number of nitrogens with zero attached hydrogens (tertiary/aromatic N) is 2. The third-order valence-electron chi connectivity index (χ3n) is 4.31. The molecule has 1 aromatic carbocycles. The summed E-state index contributed by atoms with van der Waals surface area (Å²) in [5.41, 5.74) is 2.27. The second kappa shape index (κ2) is 6.40. The molecule has 2 rings (SSSR count). The Morgan fingerprint density at radius 1 is 1.26 bits per heavy atom. The lowest BCUT2D eigenvalue weighted by atomic mass is 10.0. The van der Waals surface area contributed by atoms with Gasteiger partial charge in [0, 0.05) is 18.8 Å². The third-order valence-corrected chi connectivity index (χ3v) is 4.31.